The van der Waals surface area contributed by atoms with Gasteiger partial charge in [0.2, 0.25) is 5.91 Å². The average molecular weight is 373 g/mol. The number of piperidine rings is 1. The zero-order chi connectivity index (χ0) is 19.8. The number of likely N-dealkylation sites (tertiary alicyclic amines) is 1. The number of rotatable bonds is 2. The van der Waals surface area contributed by atoms with E-state index in [0.717, 1.165) is 37.2 Å². The number of benzene rings is 1. The lowest BCUT2D eigenvalue weighted by atomic mass is 9.97. The van der Waals surface area contributed by atoms with Crippen molar-refractivity contribution in [1.82, 2.24) is 9.80 Å². The highest BCUT2D eigenvalue weighted by molar-refractivity contribution is 5.97. The topological polar surface area (TPSA) is 53.1 Å². The van der Waals surface area contributed by atoms with Crippen LogP contribution in [0.5, 0.6) is 0 Å². The van der Waals surface area contributed by atoms with Crippen molar-refractivity contribution in [3.05, 3.63) is 29.8 Å². The fourth-order valence-corrected chi connectivity index (χ4v) is 3.92. The van der Waals surface area contributed by atoms with Crippen molar-refractivity contribution in [2.45, 2.75) is 51.2 Å². The van der Waals surface area contributed by atoms with Crippen LogP contribution in [0.25, 0.3) is 0 Å². The van der Waals surface area contributed by atoms with Gasteiger partial charge in [-0.3, -0.25) is 9.69 Å². The quantitative estimate of drug-likeness (QED) is 0.799. The molecule has 0 saturated carbocycles. The molecule has 1 atom stereocenters. The molecule has 2 amide bonds. The number of hydrogen-bond donors (Lipinski definition) is 0. The van der Waals surface area contributed by atoms with E-state index in [2.05, 4.69) is 11.9 Å². The number of carbonyl (C=O) groups excluding carboxylic acids is 2. The van der Waals surface area contributed by atoms with E-state index in [0.29, 0.717) is 6.54 Å². The summed E-state index contributed by atoms with van der Waals surface area (Å²) in [5.41, 5.74) is 1.12. The number of amides is 2. The minimum absolute atomic E-state index is 0.0862. The maximum absolute atomic E-state index is 13.3. The third-order valence-corrected chi connectivity index (χ3v) is 5.46. The SMILES string of the molecule is CN1CCC(N(C)C(=O)C2CN(C(=O)OC(C)(C)C)c3ccccc32)CC1. The highest BCUT2D eigenvalue weighted by atomic mass is 16.6. The molecule has 3 rings (SSSR count). The Labute approximate surface area is 162 Å². The van der Waals surface area contributed by atoms with E-state index in [1.807, 2.05) is 57.0 Å². The summed E-state index contributed by atoms with van der Waals surface area (Å²) in [4.78, 5) is 31.7. The zero-order valence-corrected chi connectivity index (χ0v) is 17.1. The van der Waals surface area contributed by atoms with Crippen LogP contribution in [0.4, 0.5) is 10.5 Å². The predicted molar refractivity (Wildman–Crippen MR) is 106 cm³/mol. The normalized spacial score (nSPS) is 21.1. The van der Waals surface area contributed by atoms with Gasteiger partial charge in [0.25, 0.3) is 0 Å². The zero-order valence-electron chi connectivity index (χ0n) is 17.1. The van der Waals surface area contributed by atoms with Gasteiger partial charge in [0.05, 0.1) is 11.6 Å². The molecule has 0 aromatic heterocycles. The van der Waals surface area contributed by atoms with Crippen molar-refractivity contribution >= 4 is 17.7 Å². The Hall–Kier alpha value is -2.08. The molecule has 2 aliphatic rings. The number of anilines is 1. The molecule has 0 spiro atoms. The third kappa shape index (κ3) is 4.26. The molecule has 2 aliphatic heterocycles. The Bertz CT molecular complexity index is 705. The van der Waals surface area contributed by atoms with Gasteiger partial charge in [-0.1, -0.05) is 18.2 Å². The van der Waals surface area contributed by atoms with E-state index in [9.17, 15) is 9.59 Å². The van der Waals surface area contributed by atoms with Crippen LogP contribution in [0.1, 0.15) is 45.1 Å². The van der Waals surface area contributed by atoms with Gasteiger partial charge >= 0.3 is 6.09 Å². The molecule has 1 aromatic rings. The minimum Gasteiger partial charge on any atom is -0.443 e. The summed E-state index contributed by atoms with van der Waals surface area (Å²) in [6.45, 7) is 7.90. The first-order valence-electron chi connectivity index (χ1n) is 9.72. The first-order valence-corrected chi connectivity index (χ1v) is 9.72. The van der Waals surface area contributed by atoms with Gasteiger partial charge in [-0.2, -0.15) is 0 Å². The molecule has 1 fully saturated rings. The number of hydrogen-bond acceptors (Lipinski definition) is 4. The lowest BCUT2D eigenvalue weighted by Crippen LogP contribution is -2.46. The molecule has 2 heterocycles. The summed E-state index contributed by atoms with van der Waals surface area (Å²) < 4.78 is 5.55. The number of carbonyl (C=O) groups is 2. The van der Waals surface area contributed by atoms with Gasteiger partial charge in [-0.05, 0) is 65.4 Å². The summed E-state index contributed by atoms with van der Waals surface area (Å²) in [6.07, 6.45) is 1.58. The van der Waals surface area contributed by atoms with E-state index < -0.39 is 11.7 Å². The van der Waals surface area contributed by atoms with E-state index in [1.165, 1.54) is 0 Å². The molecular weight excluding hydrogens is 342 g/mol. The van der Waals surface area contributed by atoms with E-state index in [4.69, 9.17) is 4.74 Å². The van der Waals surface area contributed by atoms with Crippen LogP contribution in [0.15, 0.2) is 24.3 Å². The van der Waals surface area contributed by atoms with Crippen molar-refractivity contribution in [3.63, 3.8) is 0 Å². The van der Waals surface area contributed by atoms with Gasteiger partial charge in [-0.15, -0.1) is 0 Å². The monoisotopic (exact) mass is 373 g/mol. The standard InChI is InChI=1S/C21H31N3O3/c1-21(2,3)27-20(26)24-14-17(16-8-6-7-9-18(16)24)19(25)23(5)15-10-12-22(4)13-11-15/h6-9,15,17H,10-14H2,1-5H3. The Balaban J connectivity index is 1.78. The lowest BCUT2D eigenvalue weighted by molar-refractivity contribution is -0.134. The van der Waals surface area contributed by atoms with Crippen LogP contribution in [0.3, 0.4) is 0 Å². The second kappa shape index (κ2) is 7.50. The highest BCUT2D eigenvalue weighted by Gasteiger charge is 2.40. The van der Waals surface area contributed by atoms with Crippen LogP contribution in [-0.4, -0.2) is 67.2 Å². The van der Waals surface area contributed by atoms with Gasteiger partial charge in [0.1, 0.15) is 5.60 Å². The van der Waals surface area contributed by atoms with Gasteiger partial charge < -0.3 is 14.5 Å². The van der Waals surface area contributed by atoms with Crippen molar-refractivity contribution in [1.29, 1.82) is 0 Å². The number of nitrogens with zero attached hydrogens (tertiary/aromatic N) is 3. The van der Waals surface area contributed by atoms with E-state index in [1.54, 1.807) is 4.90 Å². The third-order valence-electron chi connectivity index (χ3n) is 5.46. The Kier molecular flexibility index (Phi) is 5.47. The van der Waals surface area contributed by atoms with Crippen LogP contribution >= 0.6 is 0 Å². The number of likely N-dealkylation sites (N-methyl/N-ethyl adjacent to an activating group) is 1. The molecule has 1 aromatic carbocycles. The fourth-order valence-electron chi connectivity index (χ4n) is 3.92. The Morgan fingerprint density at radius 2 is 1.78 bits per heavy atom. The van der Waals surface area contributed by atoms with Crippen molar-refractivity contribution in [2.75, 3.05) is 38.6 Å². The first-order chi connectivity index (χ1) is 12.7. The molecule has 0 bridgehead atoms. The summed E-state index contributed by atoms with van der Waals surface area (Å²) in [5.74, 6) is -0.249. The van der Waals surface area contributed by atoms with Crippen LogP contribution in [0.2, 0.25) is 0 Å². The molecule has 0 aliphatic carbocycles. The summed E-state index contributed by atoms with van der Waals surface area (Å²) in [6, 6.07) is 7.92. The average Bonchev–Trinajstić information content (AvgIpc) is 2.99. The Morgan fingerprint density at radius 3 is 2.41 bits per heavy atom. The number of para-hydroxylation sites is 1. The van der Waals surface area contributed by atoms with Gasteiger partial charge in [-0.25, -0.2) is 4.79 Å². The van der Waals surface area contributed by atoms with Gasteiger partial charge in [0.15, 0.2) is 0 Å². The molecule has 148 valence electrons. The van der Waals surface area contributed by atoms with E-state index >= 15 is 0 Å². The summed E-state index contributed by atoms with van der Waals surface area (Å²) >= 11 is 0. The highest BCUT2D eigenvalue weighted by Crippen LogP contribution is 2.38. The van der Waals surface area contributed by atoms with Crippen molar-refractivity contribution in [2.24, 2.45) is 0 Å². The number of ether oxygens (including phenoxy) is 1. The molecule has 1 saturated heterocycles. The smallest absolute Gasteiger partial charge is 0.414 e. The van der Waals surface area contributed by atoms with Crippen LogP contribution in [-0.2, 0) is 9.53 Å². The molecular formula is C21H31N3O3. The Morgan fingerprint density at radius 1 is 1.15 bits per heavy atom. The number of fused-ring (bicyclic) bond motifs is 1. The van der Waals surface area contributed by atoms with Crippen molar-refractivity contribution < 1.29 is 14.3 Å². The second-order valence-electron chi connectivity index (χ2n) is 8.69. The second-order valence-corrected chi connectivity index (χ2v) is 8.69. The summed E-state index contributed by atoms with van der Waals surface area (Å²) in [7, 11) is 4.01. The maximum atomic E-state index is 13.3. The van der Waals surface area contributed by atoms with Crippen LogP contribution in [0, 0.1) is 0 Å². The largest absolute Gasteiger partial charge is 0.443 e. The molecule has 1 unspecified atom stereocenters. The van der Waals surface area contributed by atoms with E-state index in [-0.39, 0.29) is 17.9 Å². The van der Waals surface area contributed by atoms with Crippen LogP contribution < -0.4 is 4.90 Å². The van der Waals surface area contributed by atoms with Crippen molar-refractivity contribution in [3.8, 4) is 0 Å². The first kappa shape index (κ1) is 19.7. The molecule has 0 radical (unpaired) electrons. The fraction of sp³-hybridized carbons (Fsp3) is 0.619. The predicted octanol–water partition coefficient (Wildman–Crippen LogP) is 3.08. The molecule has 27 heavy (non-hydrogen) atoms. The summed E-state index contributed by atoms with van der Waals surface area (Å²) in [5, 5.41) is 0. The lowest BCUT2D eigenvalue weighted by Gasteiger charge is -2.36. The molecule has 6 nitrogen and oxygen atoms in total. The maximum Gasteiger partial charge on any atom is 0.414 e. The molecule has 0 N–H and O–H groups in total. The minimum atomic E-state index is -0.570. The van der Waals surface area contributed by atoms with Gasteiger partial charge in [0, 0.05) is 19.6 Å². The molecule has 6 heteroatoms.